The van der Waals surface area contributed by atoms with Gasteiger partial charge in [0.15, 0.2) is 0 Å². The van der Waals surface area contributed by atoms with Crippen LogP contribution in [0.15, 0.2) is 108 Å². The maximum absolute atomic E-state index is 13.2. The number of carboxylic acids is 1. The predicted molar refractivity (Wildman–Crippen MR) is 233 cm³/mol. The average molecular weight is 862 g/mol. The Morgan fingerprint density at radius 2 is 1.68 bits per heavy atom. The minimum atomic E-state index is -1.08. The Bertz CT molecular complexity index is 2350. The highest BCUT2D eigenvalue weighted by Gasteiger charge is 2.40. The SMILES string of the molecule is C/C(=C(/N)COc1ccc(CNC(=O)c2cc(/C=C/C(=O)O)cc(-c3ccccc3)c2)cc1)N(N)CCOCCOCC(=O)Nc1cccc2c1CN(C1CCC(O)NC1=O)C2=O. The van der Waals surface area contributed by atoms with Crippen molar-refractivity contribution in [1.29, 1.82) is 0 Å². The van der Waals surface area contributed by atoms with Gasteiger partial charge < -0.3 is 56.0 Å². The lowest BCUT2D eigenvalue weighted by atomic mass is 9.99. The van der Waals surface area contributed by atoms with Gasteiger partial charge in [-0.3, -0.25) is 19.2 Å². The molecule has 0 saturated carbocycles. The average Bonchev–Trinajstić information content (AvgIpc) is 3.62. The van der Waals surface area contributed by atoms with Crippen LogP contribution in [0.3, 0.4) is 0 Å². The Labute approximate surface area is 364 Å². The van der Waals surface area contributed by atoms with Gasteiger partial charge in [-0.05, 0) is 90.6 Å². The summed E-state index contributed by atoms with van der Waals surface area (Å²) in [5, 5.41) is 28.4. The molecule has 0 aliphatic carbocycles. The van der Waals surface area contributed by atoms with E-state index in [-0.39, 0.29) is 57.9 Å². The number of aliphatic carboxylic acids is 1. The molecule has 17 nitrogen and oxygen atoms in total. The molecule has 4 aromatic carbocycles. The lowest BCUT2D eigenvalue weighted by molar-refractivity contribution is -0.132. The lowest BCUT2D eigenvalue weighted by Gasteiger charge is -2.32. The van der Waals surface area contributed by atoms with Crippen LogP contribution in [-0.4, -0.2) is 102 Å². The Kier molecular flexibility index (Phi) is 15.6. The number of nitrogens with one attached hydrogen (secondary N) is 3. The van der Waals surface area contributed by atoms with Crippen molar-refractivity contribution in [3.63, 3.8) is 0 Å². The van der Waals surface area contributed by atoms with Gasteiger partial charge in [-0.1, -0.05) is 48.5 Å². The van der Waals surface area contributed by atoms with Crippen LogP contribution in [0.4, 0.5) is 5.69 Å². The van der Waals surface area contributed by atoms with Gasteiger partial charge in [-0.25, -0.2) is 10.6 Å². The summed E-state index contributed by atoms with van der Waals surface area (Å²) in [6.07, 6.45) is 2.24. The monoisotopic (exact) mass is 861 g/mol. The molecule has 2 heterocycles. The molecule has 330 valence electrons. The molecule has 0 bridgehead atoms. The standard InChI is InChI=1S/C46H51N7O10/c1-29(53(48)18-19-61-20-21-62-28-42(55)50-39-9-5-8-36-37(39)26-52(46(36)60)40-15-16-41(54)51-45(40)59)38(47)27-63-35-13-10-30(11-14-35)25-49-44(58)34-23-31(12-17-43(56)57)22-33(24-34)32-6-3-2-4-7-32/h2-14,17,22-24,40-41,54H,15-16,18-21,25-28,47-48H2,1H3,(H,49,58)(H,50,55)(H,51,59)(H,56,57)/b17-12+,38-29-. The number of hydrogen-bond donors (Lipinski definition) is 7. The van der Waals surface area contributed by atoms with E-state index >= 15 is 0 Å². The predicted octanol–water partition coefficient (Wildman–Crippen LogP) is 3.35. The first kappa shape index (κ1) is 45.5. The number of hydrogen-bond acceptors (Lipinski definition) is 12. The van der Waals surface area contributed by atoms with Crippen LogP contribution in [0.5, 0.6) is 5.75 Å². The van der Waals surface area contributed by atoms with Crippen molar-refractivity contribution in [2.24, 2.45) is 11.6 Å². The van der Waals surface area contributed by atoms with Crippen LogP contribution in [0, 0.1) is 0 Å². The summed E-state index contributed by atoms with van der Waals surface area (Å²) >= 11 is 0. The van der Waals surface area contributed by atoms with Gasteiger partial charge in [0.1, 0.15) is 31.2 Å². The first-order valence-electron chi connectivity index (χ1n) is 20.3. The summed E-state index contributed by atoms with van der Waals surface area (Å²) in [6.45, 7) is 2.94. The number of carbonyl (C=O) groups excluding carboxylic acids is 4. The Hall–Kier alpha value is -7.05. The summed E-state index contributed by atoms with van der Waals surface area (Å²) in [4.78, 5) is 63.9. The van der Waals surface area contributed by atoms with Crippen molar-refractivity contribution in [2.75, 3.05) is 44.9 Å². The Morgan fingerprint density at radius 1 is 0.921 bits per heavy atom. The van der Waals surface area contributed by atoms with Crippen LogP contribution >= 0.6 is 0 Å². The fourth-order valence-electron chi connectivity index (χ4n) is 6.98. The first-order chi connectivity index (χ1) is 30.4. The van der Waals surface area contributed by atoms with E-state index in [9.17, 15) is 29.1 Å². The van der Waals surface area contributed by atoms with E-state index in [0.29, 0.717) is 64.5 Å². The largest absolute Gasteiger partial charge is 0.487 e. The maximum Gasteiger partial charge on any atom is 0.328 e. The number of anilines is 1. The van der Waals surface area contributed by atoms with Crippen molar-refractivity contribution >= 4 is 41.4 Å². The van der Waals surface area contributed by atoms with E-state index in [1.807, 2.05) is 48.5 Å². The third-order valence-electron chi connectivity index (χ3n) is 10.5. The molecule has 4 aromatic rings. The zero-order chi connectivity index (χ0) is 44.9. The molecule has 2 aliphatic heterocycles. The normalized spacial score (nSPS) is 16.3. The number of piperidine rings is 1. The van der Waals surface area contributed by atoms with Crippen molar-refractivity contribution in [1.82, 2.24) is 20.5 Å². The second-order valence-corrected chi connectivity index (χ2v) is 14.9. The van der Waals surface area contributed by atoms with Crippen molar-refractivity contribution in [3.05, 3.63) is 136 Å². The number of ether oxygens (including phenoxy) is 3. The molecule has 2 atom stereocenters. The van der Waals surface area contributed by atoms with Gasteiger partial charge in [-0.15, -0.1) is 0 Å². The lowest BCUT2D eigenvalue weighted by Crippen LogP contribution is -2.54. The second kappa shape index (κ2) is 21.7. The topological polar surface area (TPSA) is 248 Å². The molecular formula is C46H51N7O10. The second-order valence-electron chi connectivity index (χ2n) is 14.9. The summed E-state index contributed by atoms with van der Waals surface area (Å²) in [7, 11) is 0. The number of benzene rings is 4. The number of fused-ring (bicyclic) bond motifs is 1. The van der Waals surface area contributed by atoms with Gasteiger partial charge in [0.25, 0.3) is 11.8 Å². The third kappa shape index (κ3) is 12.5. The highest BCUT2D eigenvalue weighted by atomic mass is 16.5. The molecule has 4 amide bonds. The number of nitrogens with two attached hydrogens (primary N) is 2. The van der Waals surface area contributed by atoms with E-state index in [0.717, 1.165) is 22.8 Å². The molecule has 6 rings (SSSR count). The number of aliphatic hydroxyl groups excluding tert-OH is 1. The number of nitrogens with zero attached hydrogens (tertiary/aromatic N) is 2. The molecule has 0 spiro atoms. The quantitative estimate of drug-likeness (QED) is 0.0292. The highest BCUT2D eigenvalue weighted by Crippen LogP contribution is 2.32. The van der Waals surface area contributed by atoms with E-state index < -0.39 is 30.1 Å². The molecule has 0 aromatic heterocycles. The number of rotatable bonds is 20. The molecule has 0 radical (unpaired) electrons. The first-order valence-corrected chi connectivity index (χ1v) is 20.3. The molecule has 1 saturated heterocycles. The van der Waals surface area contributed by atoms with Crippen LogP contribution in [0.25, 0.3) is 17.2 Å². The van der Waals surface area contributed by atoms with Crippen molar-refractivity contribution in [2.45, 2.75) is 45.1 Å². The van der Waals surface area contributed by atoms with E-state index in [4.69, 9.17) is 30.9 Å². The number of carbonyl (C=O) groups is 5. The summed E-state index contributed by atoms with van der Waals surface area (Å²) in [5.41, 5.74) is 12.3. The fourth-order valence-corrected chi connectivity index (χ4v) is 6.98. The smallest absolute Gasteiger partial charge is 0.328 e. The van der Waals surface area contributed by atoms with E-state index in [2.05, 4.69) is 16.0 Å². The molecule has 2 unspecified atom stereocenters. The zero-order valence-corrected chi connectivity index (χ0v) is 34.8. The van der Waals surface area contributed by atoms with Gasteiger partial charge in [0, 0.05) is 47.2 Å². The van der Waals surface area contributed by atoms with Crippen LogP contribution in [0.1, 0.15) is 57.2 Å². The minimum Gasteiger partial charge on any atom is -0.487 e. The van der Waals surface area contributed by atoms with Crippen molar-refractivity contribution in [3.8, 4) is 16.9 Å². The summed E-state index contributed by atoms with van der Waals surface area (Å²) in [5.74, 6) is 4.25. The third-order valence-corrected chi connectivity index (χ3v) is 10.5. The van der Waals surface area contributed by atoms with E-state index in [1.54, 1.807) is 49.4 Å². The number of carboxylic acid groups (broad SMARTS) is 1. The number of hydrazine groups is 1. The van der Waals surface area contributed by atoms with Crippen molar-refractivity contribution < 1.29 is 48.4 Å². The number of aliphatic hydroxyl groups is 1. The maximum atomic E-state index is 13.2. The van der Waals surface area contributed by atoms with Crippen LogP contribution in [0.2, 0.25) is 0 Å². The molecule has 63 heavy (non-hydrogen) atoms. The van der Waals surface area contributed by atoms with Gasteiger partial charge in [-0.2, -0.15) is 0 Å². The Balaban J connectivity index is 0.873. The van der Waals surface area contributed by atoms with Gasteiger partial charge in [0.2, 0.25) is 11.8 Å². The molecule has 9 N–H and O–H groups in total. The Morgan fingerprint density at radius 3 is 2.43 bits per heavy atom. The van der Waals surface area contributed by atoms with Crippen LogP contribution in [-0.2, 0) is 36.9 Å². The molecule has 2 aliphatic rings. The summed E-state index contributed by atoms with van der Waals surface area (Å²) in [6, 6.07) is 26.3. The van der Waals surface area contributed by atoms with Gasteiger partial charge >= 0.3 is 5.97 Å². The fraction of sp³-hybridized carbons (Fsp3) is 0.283. The number of amides is 4. The highest BCUT2D eigenvalue weighted by molar-refractivity contribution is 6.04. The van der Waals surface area contributed by atoms with Crippen LogP contribution < -0.4 is 32.3 Å². The van der Waals surface area contributed by atoms with E-state index in [1.165, 1.54) is 16.0 Å². The summed E-state index contributed by atoms with van der Waals surface area (Å²) < 4.78 is 17.0. The minimum absolute atomic E-state index is 0.0752. The molecule has 17 heteroatoms. The van der Waals surface area contributed by atoms with Gasteiger partial charge in [0.05, 0.1) is 32.1 Å². The molecule has 1 fully saturated rings. The number of allylic oxidation sites excluding steroid dienone is 1. The zero-order valence-electron chi connectivity index (χ0n) is 34.8. The molecular weight excluding hydrogens is 811 g/mol.